The fraction of sp³-hybridized carbons (Fsp3) is 0.750. The second-order valence-corrected chi connectivity index (χ2v) is 6.88. The minimum Gasteiger partial charge on any atom is -0.390 e. The smallest absolute Gasteiger partial charge is 0.0939 e. The van der Waals surface area contributed by atoms with Crippen LogP contribution in [0.2, 0.25) is 0 Å². The summed E-state index contributed by atoms with van der Waals surface area (Å²) in [5.41, 5.74) is -0.313. The van der Waals surface area contributed by atoms with Crippen molar-refractivity contribution in [2.75, 3.05) is 7.11 Å². The van der Waals surface area contributed by atoms with Gasteiger partial charge in [-0.1, -0.05) is 32.6 Å². The fourth-order valence-electron chi connectivity index (χ4n) is 3.10. The molecule has 0 aromatic carbocycles. The van der Waals surface area contributed by atoms with E-state index in [1.807, 2.05) is 11.3 Å². The maximum Gasteiger partial charge on any atom is 0.0939 e. The van der Waals surface area contributed by atoms with E-state index in [2.05, 4.69) is 19.1 Å². The van der Waals surface area contributed by atoms with Gasteiger partial charge in [0.05, 0.1) is 11.7 Å². The van der Waals surface area contributed by atoms with Crippen molar-refractivity contribution in [2.24, 2.45) is 0 Å². The molecule has 2 nitrogen and oxygen atoms in total. The van der Waals surface area contributed by atoms with Gasteiger partial charge < -0.3 is 9.84 Å². The van der Waals surface area contributed by atoms with Crippen LogP contribution in [-0.4, -0.2) is 23.9 Å². The molecule has 1 aromatic rings. The predicted molar refractivity (Wildman–Crippen MR) is 80.8 cm³/mol. The maximum absolute atomic E-state index is 10.7. The molecule has 2 rings (SSSR count). The van der Waals surface area contributed by atoms with E-state index in [0.29, 0.717) is 0 Å². The third kappa shape index (κ3) is 3.59. The molecule has 1 saturated carbocycles. The second-order valence-electron chi connectivity index (χ2n) is 5.62. The number of aryl methyl sites for hydroxylation is 1. The van der Waals surface area contributed by atoms with Crippen molar-refractivity contribution in [3.05, 3.63) is 21.9 Å². The number of methoxy groups -OCH3 is 1. The number of thiophene rings is 1. The van der Waals surface area contributed by atoms with E-state index in [-0.39, 0.29) is 11.7 Å². The summed E-state index contributed by atoms with van der Waals surface area (Å²) in [5.74, 6) is 0. The molecule has 1 aliphatic carbocycles. The van der Waals surface area contributed by atoms with Crippen molar-refractivity contribution in [1.82, 2.24) is 0 Å². The Morgan fingerprint density at radius 3 is 2.37 bits per heavy atom. The first kappa shape index (κ1) is 15.0. The summed E-state index contributed by atoms with van der Waals surface area (Å²) in [7, 11) is 1.76. The SMILES string of the molecule is CCc1ccc(CC(O)C2(OC)CCCCCC2)s1. The van der Waals surface area contributed by atoms with Gasteiger partial charge in [0.2, 0.25) is 0 Å². The monoisotopic (exact) mass is 282 g/mol. The predicted octanol–water partition coefficient (Wildman–Crippen LogP) is 3.95. The van der Waals surface area contributed by atoms with Crippen molar-refractivity contribution in [3.8, 4) is 0 Å². The highest BCUT2D eigenvalue weighted by Crippen LogP contribution is 2.35. The molecule has 1 aromatic heterocycles. The molecule has 1 unspecified atom stereocenters. The molecule has 0 aliphatic heterocycles. The molecule has 1 fully saturated rings. The number of aliphatic hydroxyl groups excluding tert-OH is 1. The Hall–Kier alpha value is -0.380. The first-order valence-electron chi connectivity index (χ1n) is 7.51. The first-order chi connectivity index (χ1) is 9.20. The van der Waals surface area contributed by atoms with Gasteiger partial charge in [0.1, 0.15) is 0 Å². The molecular formula is C16H26O2S. The second kappa shape index (κ2) is 6.87. The normalized spacial score (nSPS) is 21.0. The van der Waals surface area contributed by atoms with E-state index in [9.17, 15) is 5.11 Å². The minimum absolute atomic E-state index is 0.313. The average molecular weight is 282 g/mol. The highest BCUT2D eigenvalue weighted by atomic mass is 32.1. The molecule has 19 heavy (non-hydrogen) atoms. The van der Waals surface area contributed by atoms with Crippen molar-refractivity contribution in [2.45, 2.75) is 70.0 Å². The van der Waals surface area contributed by atoms with Crippen LogP contribution in [0, 0.1) is 0 Å². The van der Waals surface area contributed by atoms with E-state index in [4.69, 9.17) is 4.74 Å². The number of ether oxygens (including phenoxy) is 1. The molecule has 108 valence electrons. The van der Waals surface area contributed by atoms with E-state index < -0.39 is 0 Å². The Kier molecular flexibility index (Phi) is 5.43. The minimum atomic E-state index is -0.376. The van der Waals surface area contributed by atoms with Crippen molar-refractivity contribution in [1.29, 1.82) is 0 Å². The molecule has 0 bridgehead atoms. The van der Waals surface area contributed by atoms with Gasteiger partial charge in [0.25, 0.3) is 0 Å². The van der Waals surface area contributed by atoms with Gasteiger partial charge in [-0.25, -0.2) is 0 Å². The standard InChI is InChI=1S/C16H26O2S/c1-3-13-8-9-14(19-13)12-15(17)16(18-2)10-6-4-5-7-11-16/h8-9,15,17H,3-7,10-12H2,1-2H3. The van der Waals surface area contributed by atoms with Crippen molar-refractivity contribution >= 4 is 11.3 Å². The number of aliphatic hydroxyl groups is 1. The Morgan fingerprint density at radius 2 is 1.84 bits per heavy atom. The fourth-order valence-corrected chi connectivity index (χ4v) is 4.09. The number of hydrogen-bond acceptors (Lipinski definition) is 3. The molecule has 3 heteroatoms. The molecule has 0 radical (unpaired) electrons. The molecule has 0 saturated heterocycles. The Morgan fingerprint density at radius 1 is 1.21 bits per heavy atom. The van der Waals surface area contributed by atoms with Gasteiger partial charge in [-0.3, -0.25) is 0 Å². The van der Waals surface area contributed by atoms with Crippen molar-refractivity contribution in [3.63, 3.8) is 0 Å². The third-order valence-corrected chi connectivity index (χ3v) is 5.68. The van der Waals surface area contributed by atoms with E-state index in [1.54, 1.807) is 7.11 Å². The van der Waals surface area contributed by atoms with Crippen LogP contribution in [0.5, 0.6) is 0 Å². The van der Waals surface area contributed by atoms with Gasteiger partial charge in [-0.05, 0) is 31.4 Å². The molecule has 0 spiro atoms. The van der Waals surface area contributed by atoms with E-state index in [0.717, 1.165) is 25.7 Å². The quantitative estimate of drug-likeness (QED) is 0.829. The summed E-state index contributed by atoms with van der Waals surface area (Å²) < 4.78 is 5.78. The molecule has 1 heterocycles. The van der Waals surface area contributed by atoms with E-state index in [1.165, 1.54) is 35.4 Å². The van der Waals surface area contributed by atoms with Crippen LogP contribution in [0.15, 0.2) is 12.1 Å². The summed E-state index contributed by atoms with van der Waals surface area (Å²) in [6.45, 7) is 2.17. The van der Waals surface area contributed by atoms with Crippen LogP contribution in [0.4, 0.5) is 0 Å². The van der Waals surface area contributed by atoms with Crippen LogP contribution in [-0.2, 0) is 17.6 Å². The van der Waals surface area contributed by atoms with E-state index >= 15 is 0 Å². The lowest BCUT2D eigenvalue weighted by atomic mass is 9.86. The first-order valence-corrected chi connectivity index (χ1v) is 8.32. The lowest BCUT2D eigenvalue weighted by molar-refractivity contribution is -0.110. The largest absolute Gasteiger partial charge is 0.390 e. The van der Waals surface area contributed by atoms with Crippen LogP contribution < -0.4 is 0 Å². The van der Waals surface area contributed by atoms with Crippen molar-refractivity contribution < 1.29 is 9.84 Å². The van der Waals surface area contributed by atoms with Crippen LogP contribution in [0.3, 0.4) is 0 Å². The van der Waals surface area contributed by atoms with Crippen LogP contribution in [0.25, 0.3) is 0 Å². The zero-order valence-electron chi connectivity index (χ0n) is 12.2. The molecule has 1 aliphatic rings. The summed E-state index contributed by atoms with van der Waals surface area (Å²) in [5, 5.41) is 10.7. The van der Waals surface area contributed by atoms with Gasteiger partial charge in [0.15, 0.2) is 0 Å². The van der Waals surface area contributed by atoms with Gasteiger partial charge in [-0.2, -0.15) is 0 Å². The van der Waals surface area contributed by atoms with Crippen LogP contribution in [0.1, 0.15) is 55.2 Å². The van der Waals surface area contributed by atoms with Crippen LogP contribution >= 0.6 is 11.3 Å². The lowest BCUT2D eigenvalue weighted by Crippen LogP contribution is -2.45. The topological polar surface area (TPSA) is 29.5 Å². The third-order valence-electron chi connectivity index (χ3n) is 4.42. The zero-order chi connectivity index (χ0) is 13.7. The highest BCUT2D eigenvalue weighted by molar-refractivity contribution is 7.11. The Balaban J connectivity index is 2.04. The average Bonchev–Trinajstić information content (AvgIpc) is 2.74. The summed E-state index contributed by atoms with van der Waals surface area (Å²) in [6, 6.07) is 4.34. The number of rotatable bonds is 5. The molecule has 1 atom stereocenters. The van der Waals surface area contributed by atoms with Gasteiger partial charge in [-0.15, -0.1) is 11.3 Å². The number of hydrogen-bond donors (Lipinski definition) is 1. The molecule has 1 N–H and O–H groups in total. The van der Waals surface area contributed by atoms with Gasteiger partial charge in [0, 0.05) is 23.3 Å². The Bertz CT molecular complexity index is 378. The highest BCUT2D eigenvalue weighted by Gasteiger charge is 2.38. The van der Waals surface area contributed by atoms with Gasteiger partial charge >= 0.3 is 0 Å². The summed E-state index contributed by atoms with van der Waals surface area (Å²) in [6.07, 6.45) is 8.33. The molecule has 0 amide bonds. The summed E-state index contributed by atoms with van der Waals surface area (Å²) >= 11 is 1.82. The maximum atomic E-state index is 10.7. The molecular weight excluding hydrogens is 256 g/mol. The Labute approximate surface area is 120 Å². The summed E-state index contributed by atoms with van der Waals surface area (Å²) in [4.78, 5) is 2.68. The zero-order valence-corrected chi connectivity index (χ0v) is 13.0. The lowest BCUT2D eigenvalue weighted by Gasteiger charge is -2.36.